The third-order valence-electron chi connectivity index (χ3n) is 4.78. The molecule has 166 valence electrons. The van der Waals surface area contributed by atoms with Crippen molar-refractivity contribution in [3.05, 3.63) is 46.7 Å². The number of aryl methyl sites for hydroxylation is 1. The fraction of sp³-hybridized carbons (Fsp3) is 0.429. The highest BCUT2D eigenvalue weighted by Gasteiger charge is 2.22. The zero-order chi connectivity index (χ0) is 22.4. The summed E-state index contributed by atoms with van der Waals surface area (Å²) in [5.74, 6) is -0.494. The molecule has 1 aliphatic heterocycles. The molecule has 0 saturated carbocycles. The maximum absolute atomic E-state index is 12.8. The summed E-state index contributed by atoms with van der Waals surface area (Å²) in [7, 11) is 1.73. The van der Waals surface area contributed by atoms with Crippen LogP contribution >= 0.6 is 11.6 Å². The average molecular weight is 448 g/mol. The Morgan fingerprint density at radius 3 is 2.81 bits per heavy atom. The maximum Gasteiger partial charge on any atom is 0.274 e. The molecule has 0 unspecified atom stereocenters. The van der Waals surface area contributed by atoms with Gasteiger partial charge in [0.1, 0.15) is 18.1 Å². The van der Waals surface area contributed by atoms with Gasteiger partial charge in [-0.2, -0.15) is 5.10 Å². The molecule has 0 fully saturated rings. The third-order valence-corrected chi connectivity index (χ3v) is 5.01. The summed E-state index contributed by atoms with van der Waals surface area (Å²) in [5.41, 5.74) is 0.623. The SMILES string of the molecule is C[C@H]1COc2ccc(Cl)cc2C(=O)NCCCCN(C(=O)c2ccn(C)n2)CC(=O)N1. The van der Waals surface area contributed by atoms with Crippen LogP contribution in [0.4, 0.5) is 0 Å². The Balaban J connectivity index is 1.75. The number of rotatable bonds is 1. The molecular formula is C21H26ClN5O4. The molecule has 1 aromatic heterocycles. The van der Waals surface area contributed by atoms with E-state index in [2.05, 4.69) is 15.7 Å². The molecule has 3 amide bonds. The van der Waals surface area contributed by atoms with Gasteiger partial charge in [0.2, 0.25) is 5.91 Å². The first-order chi connectivity index (χ1) is 14.8. The lowest BCUT2D eigenvalue weighted by Gasteiger charge is -2.22. The minimum Gasteiger partial charge on any atom is -0.491 e. The number of hydrogen-bond acceptors (Lipinski definition) is 5. The minimum atomic E-state index is -0.337. The van der Waals surface area contributed by atoms with Crippen molar-refractivity contribution in [1.29, 1.82) is 0 Å². The van der Waals surface area contributed by atoms with Crippen LogP contribution in [0.5, 0.6) is 5.75 Å². The molecular weight excluding hydrogens is 422 g/mol. The van der Waals surface area contributed by atoms with E-state index in [-0.39, 0.29) is 42.6 Å². The van der Waals surface area contributed by atoms with Gasteiger partial charge in [0.05, 0.1) is 18.2 Å². The fourth-order valence-electron chi connectivity index (χ4n) is 3.22. The van der Waals surface area contributed by atoms with E-state index in [1.807, 2.05) is 0 Å². The average Bonchev–Trinajstić information content (AvgIpc) is 3.16. The van der Waals surface area contributed by atoms with Gasteiger partial charge in [0.15, 0.2) is 0 Å². The Bertz CT molecular complexity index is 961. The van der Waals surface area contributed by atoms with Gasteiger partial charge < -0.3 is 20.3 Å². The number of carbonyl (C=O) groups is 3. The molecule has 0 spiro atoms. The van der Waals surface area contributed by atoms with E-state index in [0.717, 1.165) is 0 Å². The molecule has 0 saturated heterocycles. The van der Waals surface area contributed by atoms with Gasteiger partial charge in [-0.15, -0.1) is 0 Å². The van der Waals surface area contributed by atoms with E-state index in [9.17, 15) is 14.4 Å². The van der Waals surface area contributed by atoms with E-state index >= 15 is 0 Å². The van der Waals surface area contributed by atoms with Crippen LogP contribution in [0.15, 0.2) is 30.5 Å². The van der Waals surface area contributed by atoms with Crippen molar-refractivity contribution in [2.75, 3.05) is 26.2 Å². The maximum atomic E-state index is 12.8. The second-order valence-corrected chi connectivity index (χ2v) is 7.92. The molecule has 1 aliphatic rings. The molecule has 1 aromatic carbocycles. The second kappa shape index (κ2) is 10.3. The van der Waals surface area contributed by atoms with Gasteiger partial charge in [-0.3, -0.25) is 19.1 Å². The lowest BCUT2D eigenvalue weighted by atomic mass is 10.2. The first-order valence-electron chi connectivity index (χ1n) is 10.1. The summed E-state index contributed by atoms with van der Waals surface area (Å²) in [6.45, 7) is 2.64. The summed E-state index contributed by atoms with van der Waals surface area (Å²) < 4.78 is 7.31. The molecule has 1 atom stereocenters. The number of nitrogens with zero attached hydrogens (tertiary/aromatic N) is 3. The van der Waals surface area contributed by atoms with Crippen LogP contribution in [0.1, 0.15) is 40.6 Å². The third kappa shape index (κ3) is 6.21. The Hall–Kier alpha value is -3.07. The van der Waals surface area contributed by atoms with Crippen LogP contribution in [-0.2, 0) is 11.8 Å². The Kier molecular flexibility index (Phi) is 7.51. The van der Waals surface area contributed by atoms with Crippen LogP contribution in [0, 0.1) is 0 Å². The predicted octanol–water partition coefficient (Wildman–Crippen LogP) is 1.62. The van der Waals surface area contributed by atoms with E-state index in [1.165, 1.54) is 4.90 Å². The summed E-state index contributed by atoms with van der Waals surface area (Å²) in [5, 5.41) is 10.3. The highest BCUT2D eigenvalue weighted by molar-refractivity contribution is 6.31. The molecule has 2 aromatic rings. The molecule has 0 bridgehead atoms. The zero-order valence-corrected chi connectivity index (χ0v) is 18.3. The number of aromatic nitrogens is 2. The van der Waals surface area contributed by atoms with Crippen LogP contribution in [0.2, 0.25) is 5.02 Å². The van der Waals surface area contributed by atoms with Crippen molar-refractivity contribution >= 4 is 29.3 Å². The molecule has 0 aliphatic carbocycles. The normalized spacial score (nSPS) is 18.7. The number of benzene rings is 1. The Labute approximate surface area is 185 Å². The van der Waals surface area contributed by atoms with Gasteiger partial charge >= 0.3 is 0 Å². The monoisotopic (exact) mass is 447 g/mol. The fourth-order valence-corrected chi connectivity index (χ4v) is 3.40. The molecule has 0 radical (unpaired) electrons. The standard InChI is InChI=1S/C21H26ClN5O4/c1-14-13-31-18-6-5-15(22)11-16(18)20(29)23-8-3-4-9-27(12-19(28)24-14)21(30)17-7-10-26(2)25-17/h5-7,10-11,14H,3-4,8-9,12-13H2,1-2H3,(H,23,29)(H,24,28)/t14-/m0/s1. The van der Waals surface area contributed by atoms with Gasteiger partial charge in [-0.25, -0.2) is 0 Å². The van der Waals surface area contributed by atoms with Gasteiger partial charge in [0, 0.05) is 31.4 Å². The summed E-state index contributed by atoms with van der Waals surface area (Å²) in [6, 6.07) is 6.12. The first kappa shape index (κ1) is 22.6. The zero-order valence-electron chi connectivity index (χ0n) is 17.6. The van der Waals surface area contributed by atoms with Crippen molar-refractivity contribution in [1.82, 2.24) is 25.3 Å². The Morgan fingerprint density at radius 2 is 2.06 bits per heavy atom. The molecule has 3 rings (SSSR count). The highest BCUT2D eigenvalue weighted by Crippen LogP contribution is 2.23. The van der Waals surface area contributed by atoms with Crippen LogP contribution in [0.25, 0.3) is 0 Å². The molecule has 2 N–H and O–H groups in total. The number of nitrogens with one attached hydrogen (secondary N) is 2. The van der Waals surface area contributed by atoms with Crippen LogP contribution in [0.3, 0.4) is 0 Å². The number of ether oxygens (including phenoxy) is 1. The molecule has 10 heteroatoms. The van der Waals surface area contributed by atoms with Gasteiger partial charge in [-0.1, -0.05) is 11.6 Å². The van der Waals surface area contributed by atoms with Crippen molar-refractivity contribution in [2.24, 2.45) is 7.05 Å². The van der Waals surface area contributed by atoms with Crippen molar-refractivity contribution < 1.29 is 19.1 Å². The van der Waals surface area contributed by atoms with Crippen molar-refractivity contribution in [3.63, 3.8) is 0 Å². The summed E-state index contributed by atoms with van der Waals surface area (Å²) in [4.78, 5) is 39.5. The number of halogens is 1. The molecule has 31 heavy (non-hydrogen) atoms. The first-order valence-corrected chi connectivity index (χ1v) is 10.5. The number of hydrogen-bond donors (Lipinski definition) is 2. The highest BCUT2D eigenvalue weighted by atomic mass is 35.5. The lowest BCUT2D eigenvalue weighted by Crippen LogP contribution is -2.45. The largest absolute Gasteiger partial charge is 0.491 e. The predicted molar refractivity (Wildman–Crippen MR) is 115 cm³/mol. The topological polar surface area (TPSA) is 106 Å². The number of carbonyl (C=O) groups excluding carboxylic acids is 3. The summed E-state index contributed by atoms with van der Waals surface area (Å²) in [6.07, 6.45) is 2.92. The van der Waals surface area contributed by atoms with Crippen molar-refractivity contribution in [2.45, 2.75) is 25.8 Å². The van der Waals surface area contributed by atoms with Gasteiger partial charge in [-0.05, 0) is 44.0 Å². The van der Waals surface area contributed by atoms with E-state index in [1.54, 1.807) is 49.1 Å². The van der Waals surface area contributed by atoms with Gasteiger partial charge in [0.25, 0.3) is 11.8 Å². The van der Waals surface area contributed by atoms with Crippen LogP contribution in [-0.4, -0.2) is 64.7 Å². The Morgan fingerprint density at radius 1 is 1.26 bits per heavy atom. The lowest BCUT2D eigenvalue weighted by molar-refractivity contribution is -0.122. The van der Waals surface area contributed by atoms with E-state index < -0.39 is 0 Å². The second-order valence-electron chi connectivity index (χ2n) is 7.48. The van der Waals surface area contributed by atoms with E-state index in [0.29, 0.717) is 42.3 Å². The smallest absolute Gasteiger partial charge is 0.274 e. The molecule has 9 nitrogen and oxygen atoms in total. The van der Waals surface area contributed by atoms with E-state index in [4.69, 9.17) is 16.3 Å². The summed E-state index contributed by atoms with van der Waals surface area (Å²) >= 11 is 6.05. The van der Waals surface area contributed by atoms with Crippen molar-refractivity contribution in [3.8, 4) is 5.75 Å². The minimum absolute atomic E-state index is 0.0850. The number of amides is 3. The molecule has 2 heterocycles. The van der Waals surface area contributed by atoms with Crippen LogP contribution < -0.4 is 15.4 Å². The quantitative estimate of drug-likeness (QED) is 0.691. The number of fused-ring (bicyclic) bond motifs is 1.